The molecule has 84 valence electrons. The van der Waals surface area contributed by atoms with Crippen LogP contribution in [0.25, 0.3) is 0 Å². The van der Waals surface area contributed by atoms with Crippen molar-refractivity contribution in [3.8, 4) is 18.1 Å². The Balaban J connectivity index is 2.43. The molecular formula is C13H14O3. The van der Waals surface area contributed by atoms with Crippen LogP contribution in [0.5, 0.6) is 5.75 Å². The second-order valence-electron chi connectivity index (χ2n) is 3.12. The van der Waals surface area contributed by atoms with Crippen LogP contribution in [0.1, 0.15) is 12.5 Å². The Labute approximate surface area is 95.4 Å². The van der Waals surface area contributed by atoms with Gasteiger partial charge < -0.3 is 9.47 Å². The van der Waals surface area contributed by atoms with Crippen molar-refractivity contribution >= 4 is 5.97 Å². The minimum Gasteiger partial charge on any atom is -0.482 e. The number of hydrogen-bond acceptors (Lipinski definition) is 3. The zero-order valence-corrected chi connectivity index (χ0v) is 9.23. The van der Waals surface area contributed by atoms with Crippen LogP contribution in [-0.2, 0) is 16.0 Å². The van der Waals surface area contributed by atoms with Crippen LogP contribution in [0.15, 0.2) is 24.3 Å². The third-order valence-corrected chi connectivity index (χ3v) is 1.89. The zero-order valence-electron chi connectivity index (χ0n) is 9.23. The van der Waals surface area contributed by atoms with Crippen molar-refractivity contribution < 1.29 is 14.3 Å². The van der Waals surface area contributed by atoms with Gasteiger partial charge in [-0.15, -0.1) is 12.3 Å². The Kier molecular flexibility index (Phi) is 4.94. The summed E-state index contributed by atoms with van der Waals surface area (Å²) >= 11 is 0. The van der Waals surface area contributed by atoms with E-state index in [1.54, 1.807) is 19.1 Å². The number of hydrogen-bond donors (Lipinski definition) is 0. The van der Waals surface area contributed by atoms with Crippen LogP contribution in [0.4, 0.5) is 0 Å². The van der Waals surface area contributed by atoms with Gasteiger partial charge in [-0.2, -0.15) is 0 Å². The van der Waals surface area contributed by atoms with Crippen LogP contribution in [0.3, 0.4) is 0 Å². The molecule has 0 aliphatic rings. The van der Waals surface area contributed by atoms with Gasteiger partial charge >= 0.3 is 5.97 Å². The molecule has 0 radical (unpaired) electrons. The monoisotopic (exact) mass is 218 g/mol. The predicted molar refractivity (Wildman–Crippen MR) is 61.1 cm³/mol. The number of carbonyl (C=O) groups is 1. The largest absolute Gasteiger partial charge is 0.482 e. The lowest BCUT2D eigenvalue weighted by Gasteiger charge is -2.05. The molecule has 3 heteroatoms. The summed E-state index contributed by atoms with van der Waals surface area (Å²) < 4.78 is 9.96. The van der Waals surface area contributed by atoms with Gasteiger partial charge in [0, 0.05) is 6.42 Å². The first-order valence-corrected chi connectivity index (χ1v) is 5.07. The molecule has 0 fully saturated rings. The fourth-order valence-corrected chi connectivity index (χ4v) is 1.17. The first kappa shape index (κ1) is 12.1. The predicted octanol–water partition coefficient (Wildman–Crippen LogP) is 1.80. The molecule has 0 heterocycles. The molecule has 0 unspecified atom stereocenters. The molecule has 3 nitrogen and oxygen atoms in total. The molecule has 0 spiro atoms. The molecule has 1 aromatic carbocycles. The second kappa shape index (κ2) is 6.52. The van der Waals surface area contributed by atoms with Crippen LogP contribution in [-0.4, -0.2) is 19.2 Å². The quantitative estimate of drug-likeness (QED) is 0.558. The van der Waals surface area contributed by atoms with Gasteiger partial charge in [-0.25, -0.2) is 4.79 Å². The maximum absolute atomic E-state index is 11.0. The van der Waals surface area contributed by atoms with Gasteiger partial charge in [0.05, 0.1) is 6.61 Å². The summed E-state index contributed by atoms with van der Waals surface area (Å²) in [6, 6.07) is 7.32. The molecule has 0 aliphatic carbocycles. The summed E-state index contributed by atoms with van der Waals surface area (Å²) in [5, 5.41) is 0. The standard InChI is InChI=1S/C13H14O3/c1-3-5-11-6-8-12(9-7-11)16-10-13(14)15-4-2/h1,6-9H,4-5,10H2,2H3. The van der Waals surface area contributed by atoms with Crippen LogP contribution in [0.2, 0.25) is 0 Å². The molecule has 1 rings (SSSR count). The Morgan fingerprint density at radius 3 is 2.62 bits per heavy atom. The molecule has 0 N–H and O–H groups in total. The number of carbonyl (C=O) groups excluding carboxylic acids is 1. The van der Waals surface area contributed by atoms with E-state index in [0.29, 0.717) is 18.8 Å². The average Bonchev–Trinajstić information content (AvgIpc) is 2.29. The van der Waals surface area contributed by atoms with Crippen molar-refractivity contribution in [2.45, 2.75) is 13.3 Å². The Bertz CT molecular complexity index is 373. The van der Waals surface area contributed by atoms with E-state index in [1.807, 2.05) is 12.1 Å². The summed E-state index contributed by atoms with van der Waals surface area (Å²) in [4.78, 5) is 11.0. The molecule has 0 aliphatic heterocycles. The number of benzene rings is 1. The van der Waals surface area contributed by atoms with Gasteiger partial charge in [-0.05, 0) is 24.6 Å². The Hall–Kier alpha value is -1.95. The minimum absolute atomic E-state index is 0.0671. The molecular weight excluding hydrogens is 204 g/mol. The van der Waals surface area contributed by atoms with Gasteiger partial charge in [-0.1, -0.05) is 12.1 Å². The number of rotatable bonds is 5. The van der Waals surface area contributed by atoms with Gasteiger partial charge in [0.1, 0.15) is 5.75 Å². The van der Waals surface area contributed by atoms with Crippen molar-refractivity contribution in [1.82, 2.24) is 0 Å². The third-order valence-electron chi connectivity index (χ3n) is 1.89. The SMILES string of the molecule is C#CCc1ccc(OCC(=O)OCC)cc1. The molecule has 1 aromatic rings. The van der Waals surface area contributed by atoms with E-state index in [2.05, 4.69) is 5.92 Å². The first-order valence-electron chi connectivity index (χ1n) is 5.07. The summed E-state index contributed by atoms with van der Waals surface area (Å²) in [6.07, 6.45) is 5.78. The van der Waals surface area contributed by atoms with Crippen molar-refractivity contribution in [2.75, 3.05) is 13.2 Å². The lowest BCUT2D eigenvalue weighted by atomic mass is 10.1. The third kappa shape index (κ3) is 4.05. The summed E-state index contributed by atoms with van der Waals surface area (Å²) in [7, 11) is 0. The van der Waals surface area contributed by atoms with Gasteiger partial charge in [-0.3, -0.25) is 0 Å². The lowest BCUT2D eigenvalue weighted by molar-refractivity contribution is -0.145. The van der Waals surface area contributed by atoms with Crippen LogP contribution < -0.4 is 4.74 Å². The van der Waals surface area contributed by atoms with E-state index in [1.165, 1.54) is 0 Å². The van der Waals surface area contributed by atoms with Crippen molar-refractivity contribution in [3.05, 3.63) is 29.8 Å². The molecule has 0 bridgehead atoms. The van der Waals surface area contributed by atoms with E-state index < -0.39 is 0 Å². The summed E-state index contributed by atoms with van der Waals surface area (Å²) in [6.45, 7) is 2.05. The normalized spacial score (nSPS) is 9.25. The molecule has 0 saturated carbocycles. The van der Waals surface area contributed by atoms with E-state index in [-0.39, 0.29) is 12.6 Å². The zero-order chi connectivity index (χ0) is 11.8. The van der Waals surface area contributed by atoms with E-state index in [4.69, 9.17) is 15.9 Å². The Morgan fingerprint density at radius 2 is 2.06 bits per heavy atom. The van der Waals surface area contributed by atoms with Crippen LogP contribution in [0, 0.1) is 12.3 Å². The second-order valence-corrected chi connectivity index (χ2v) is 3.12. The van der Waals surface area contributed by atoms with Crippen molar-refractivity contribution in [3.63, 3.8) is 0 Å². The minimum atomic E-state index is -0.366. The molecule has 0 saturated heterocycles. The van der Waals surface area contributed by atoms with Crippen LogP contribution >= 0.6 is 0 Å². The summed E-state index contributed by atoms with van der Waals surface area (Å²) in [5.74, 6) is 2.82. The maximum Gasteiger partial charge on any atom is 0.344 e. The fourth-order valence-electron chi connectivity index (χ4n) is 1.17. The molecule has 0 aromatic heterocycles. The van der Waals surface area contributed by atoms with Crippen molar-refractivity contribution in [2.24, 2.45) is 0 Å². The average molecular weight is 218 g/mol. The van der Waals surface area contributed by atoms with E-state index in [0.717, 1.165) is 5.56 Å². The molecule has 0 amide bonds. The number of ether oxygens (including phenoxy) is 2. The van der Waals surface area contributed by atoms with E-state index >= 15 is 0 Å². The summed E-state index contributed by atoms with van der Waals surface area (Å²) in [5.41, 5.74) is 1.05. The lowest BCUT2D eigenvalue weighted by Crippen LogP contribution is -2.14. The highest BCUT2D eigenvalue weighted by Crippen LogP contribution is 2.12. The van der Waals surface area contributed by atoms with Gasteiger partial charge in [0.15, 0.2) is 6.61 Å². The number of esters is 1. The molecule has 0 atom stereocenters. The highest BCUT2D eigenvalue weighted by Gasteiger charge is 2.02. The smallest absolute Gasteiger partial charge is 0.344 e. The van der Waals surface area contributed by atoms with E-state index in [9.17, 15) is 4.79 Å². The van der Waals surface area contributed by atoms with Crippen molar-refractivity contribution in [1.29, 1.82) is 0 Å². The highest BCUT2D eigenvalue weighted by molar-refractivity contribution is 5.71. The topological polar surface area (TPSA) is 35.5 Å². The Morgan fingerprint density at radius 1 is 1.38 bits per heavy atom. The van der Waals surface area contributed by atoms with Gasteiger partial charge in [0.25, 0.3) is 0 Å². The highest BCUT2D eigenvalue weighted by atomic mass is 16.6. The van der Waals surface area contributed by atoms with Gasteiger partial charge in [0.2, 0.25) is 0 Å². The maximum atomic E-state index is 11.0. The molecule has 16 heavy (non-hydrogen) atoms. The fraction of sp³-hybridized carbons (Fsp3) is 0.308. The number of terminal acetylenes is 1. The first-order chi connectivity index (χ1) is 7.76.